The van der Waals surface area contributed by atoms with Crippen LogP contribution in [-0.4, -0.2) is 25.6 Å². The molecule has 0 saturated heterocycles. The van der Waals surface area contributed by atoms with Gasteiger partial charge in [-0.2, -0.15) is 5.10 Å². The standard InChI is InChI=1S/C23H18Cl2N4O/c1-2-18-21(14-6-4-8-17(25)10-14)23-27-26-22-19(29(23)28-18)11-15(12-20(22)30)13-5-3-7-16(24)9-13/h3-10,15H,2,11-12H2,1H3/t15-/m1/s1. The molecule has 30 heavy (non-hydrogen) atoms. The van der Waals surface area contributed by atoms with Gasteiger partial charge in [0.1, 0.15) is 0 Å². The molecule has 2 aromatic carbocycles. The number of hydrogen-bond donors (Lipinski definition) is 0. The van der Waals surface area contributed by atoms with Crippen molar-refractivity contribution in [2.24, 2.45) is 0 Å². The van der Waals surface area contributed by atoms with Gasteiger partial charge in [-0.05, 0) is 54.2 Å². The first-order valence-corrected chi connectivity index (χ1v) is 10.6. The first kappa shape index (κ1) is 19.2. The van der Waals surface area contributed by atoms with E-state index in [9.17, 15) is 4.79 Å². The number of carbonyl (C=O) groups excluding carboxylic acids is 1. The first-order valence-electron chi connectivity index (χ1n) is 9.87. The molecule has 2 heterocycles. The van der Waals surface area contributed by atoms with Gasteiger partial charge in [-0.15, -0.1) is 10.2 Å². The van der Waals surface area contributed by atoms with Crippen molar-refractivity contribution in [1.82, 2.24) is 19.8 Å². The van der Waals surface area contributed by atoms with Crippen LogP contribution in [0.3, 0.4) is 0 Å². The summed E-state index contributed by atoms with van der Waals surface area (Å²) in [4.78, 5) is 12.9. The average Bonchev–Trinajstić information content (AvgIpc) is 3.13. The molecule has 0 saturated carbocycles. The molecule has 4 aromatic rings. The van der Waals surface area contributed by atoms with E-state index in [0.29, 0.717) is 34.2 Å². The fourth-order valence-corrected chi connectivity index (χ4v) is 4.59. The normalized spacial score (nSPS) is 16.1. The highest BCUT2D eigenvalue weighted by molar-refractivity contribution is 6.31. The van der Waals surface area contributed by atoms with Gasteiger partial charge in [-0.1, -0.05) is 54.4 Å². The smallest absolute Gasteiger partial charge is 0.185 e. The topological polar surface area (TPSA) is 60.1 Å². The number of aryl methyl sites for hydroxylation is 1. The van der Waals surface area contributed by atoms with Crippen molar-refractivity contribution in [3.8, 4) is 11.1 Å². The number of carbonyl (C=O) groups is 1. The van der Waals surface area contributed by atoms with Gasteiger partial charge in [0.2, 0.25) is 0 Å². The monoisotopic (exact) mass is 436 g/mol. The lowest BCUT2D eigenvalue weighted by molar-refractivity contribution is 0.0955. The van der Waals surface area contributed by atoms with Crippen molar-refractivity contribution in [3.05, 3.63) is 81.2 Å². The fourth-order valence-electron chi connectivity index (χ4n) is 4.20. The summed E-state index contributed by atoms with van der Waals surface area (Å²) in [6.07, 6.45) is 1.76. The maximum Gasteiger partial charge on any atom is 0.185 e. The Morgan fingerprint density at radius 3 is 2.53 bits per heavy atom. The van der Waals surface area contributed by atoms with Gasteiger partial charge in [0.05, 0.1) is 17.0 Å². The second-order valence-electron chi connectivity index (χ2n) is 7.50. The van der Waals surface area contributed by atoms with Crippen LogP contribution in [0.5, 0.6) is 0 Å². The summed E-state index contributed by atoms with van der Waals surface area (Å²) in [7, 11) is 0. The fraction of sp³-hybridized carbons (Fsp3) is 0.217. The highest BCUT2D eigenvalue weighted by Gasteiger charge is 2.31. The molecule has 1 aliphatic carbocycles. The zero-order valence-corrected chi connectivity index (χ0v) is 17.8. The lowest BCUT2D eigenvalue weighted by Gasteiger charge is -2.23. The quantitative estimate of drug-likeness (QED) is 0.420. The van der Waals surface area contributed by atoms with Crippen LogP contribution in [0.25, 0.3) is 16.8 Å². The number of ketones is 1. The van der Waals surface area contributed by atoms with Crippen LogP contribution in [0.1, 0.15) is 46.7 Å². The van der Waals surface area contributed by atoms with E-state index < -0.39 is 0 Å². The van der Waals surface area contributed by atoms with E-state index in [0.717, 1.165) is 34.5 Å². The van der Waals surface area contributed by atoms with Crippen LogP contribution in [0, 0.1) is 0 Å². The first-order chi connectivity index (χ1) is 14.5. The van der Waals surface area contributed by atoms with E-state index in [4.69, 9.17) is 28.3 Å². The minimum Gasteiger partial charge on any atom is -0.292 e. The number of rotatable bonds is 3. The molecule has 0 amide bonds. The third-order valence-electron chi connectivity index (χ3n) is 5.61. The molecule has 0 fully saturated rings. The lowest BCUT2D eigenvalue weighted by Crippen LogP contribution is -2.24. The van der Waals surface area contributed by atoms with E-state index in [-0.39, 0.29) is 11.7 Å². The van der Waals surface area contributed by atoms with Gasteiger partial charge in [-0.25, -0.2) is 4.52 Å². The Morgan fingerprint density at radius 2 is 1.80 bits per heavy atom. The number of hydrogen-bond acceptors (Lipinski definition) is 4. The maximum absolute atomic E-state index is 12.9. The molecule has 7 heteroatoms. The highest BCUT2D eigenvalue weighted by Crippen LogP contribution is 2.35. The minimum absolute atomic E-state index is 0.0199. The Hall–Kier alpha value is -2.76. The van der Waals surface area contributed by atoms with E-state index in [2.05, 4.69) is 17.1 Å². The van der Waals surface area contributed by atoms with E-state index >= 15 is 0 Å². The van der Waals surface area contributed by atoms with Gasteiger partial charge in [0.25, 0.3) is 0 Å². The summed E-state index contributed by atoms with van der Waals surface area (Å²) in [5.74, 6) is 0.00785. The van der Waals surface area contributed by atoms with Crippen molar-refractivity contribution in [2.45, 2.75) is 32.1 Å². The molecule has 0 aliphatic heterocycles. The zero-order chi connectivity index (χ0) is 20.8. The second kappa shape index (κ2) is 7.49. The lowest BCUT2D eigenvalue weighted by atomic mass is 9.83. The van der Waals surface area contributed by atoms with Crippen molar-refractivity contribution in [3.63, 3.8) is 0 Å². The molecule has 1 aliphatic rings. The zero-order valence-electron chi connectivity index (χ0n) is 16.3. The average molecular weight is 437 g/mol. The number of fused-ring (bicyclic) bond motifs is 3. The summed E-state index contributed by atoms with van der Waals surface area (Å²) in [6.45, 7) is 2.05. The Kier molecular flexibility index (Phi) is 4.80. The molecule has 150 valence electrons. The van der Waals surface area contributed by atoms with Crippen LogP contribution in [0.4, 0.5) is 0 Å². The number of aromatic nitrogens is 4. The van der Waals surface area contributed by atoms with Gasteiger partial charge in [0.15, 0.2) is 17.1 Å². The number of halogens is 2. The molecule has 2 aromatic heterocycles. The Balaban J connectivity index is 1.69. The van der Waals surface area contributed by atoms with Crippen LogP contribution < -0.4 is 0 Å². The SMILES string of the molecule is CCc1nn2c3c(nnc2c1-c1cccc(Cl)c1)C(=O)C[C@H](c1cccc(Cl)c1)C3. The molecule has 0 spiro atoms. The molecule has 0 bridgehead atoms. The summed E-state index contributed by atoms with van der Waals surface area (Å²) in [5, 5.41) is 14.8. The Labute approximate surface area is 183 Å². The molecule has 0 unspecified atom stereocenters. The van der Waals surface area contributed by atoms with Crippen LogP contribution in [0.15, 0.2) is 48.5 Å². The summed E-state index contributed by atoms with van der Waals surface area (Å²) >= 11 is 12.4. The van der Waals surface area contributed by atoms with Gasteiger partial charge < -0.3 is 0 Å². The number of nitrogens with zero attached hydrogens (tertiary/aromatic N) is 4. The predicted octanol–water partition coefficient (Wildman–Crippen LogP) is 5.57. The second-order valence-corrected chi connectivity index (χ2v) is 8.37. The highest BCUT2D eigenvalue weighted by atomic mass is 35.5. The van der Waals surface area contributed by atoms with Crippen molar-refractivity contribution in [2.75, 3.05) is 0 Å². The van der Waals surface area contributed by atoms with Gasteiger partial charge >= 0.3 is 0 Å². The van der Waals surface area contributed by atoms with E-state index in [1.165, 1.54) is 0 Å². The van der Waals surface area contributed by atoms with Gasteiger partial charge in [0, 0.05) is 16.5 Å². The van der Waals surface area contributed by atoms with Crippen LogP contribution >= 0.6 is 23.2 Å². The Bertz CT molecular complexity index is 1300. The molecule has 0 N–H and O–H groups in total. The van der Waals surface area contributed by atoms with E-state index in [1.54, 1.807) is 4.52 Å². The molecular weight excluding hydrogens is 419 g/mol. The number of benzene rings is 2. The summed E-state index contributed by atoms with van der Waals surface area (Å²) in [6, 6.07) is 15.3. The third-order valence-corrected chi connectivity index (χ3v) is 6.08. The van der Waals surface area contributed by atoms with Gasteiger partial charge in [-0.3, -0.25) is 4.79 Å². The van der Waals surface area contributed by atoms with Crippen LogP contribution in [-0.2, 0) is 12.8 Å². The summed E-state index contributed by atoms with van der Waals surface area (Å²) < 4.78 is 1.80. The van der Waals surface area contributed by atoms with Crippen molar-refractivity contribution in [1.29, 1.82) is 0 Å². The molecule has 1 atom stereocenters. The molecule has 5 rings (SSSR count). The number of Topliss-reactive ketones (excluding diaryl/α,β-unsaturated/α-hetero) is 1. The molecule has 0 radical (unpaired) electrons. The van der Waals surface area contributed by atoms with E-state index in [1.807, 2.05) is 48.5 Å². The molecular formula is C23H18Cl2N4O. The largest absolute Gasteiger partial charge is 0.292 e. The third kappa shape index (κ3) is 3.18. The predicted molar refractivity (Wildman–Crippen MR) is 117 cm³/mol. The Morgan fingerprint density at radius 1 is 1.03 bits per heavy atom. The molecule has 5 nitrogen and oxygen atoms in total. The summed E-state index contributed by atoms with van der Waals surface area (Å²) in [5.41, 5.74) is 5.65. The van der Waals surface area contributed by atoms with Crippen molar-refractivity contribution < 1.29 is 4.79 Å². The van der Waals surface area contributed by atoms with Crippen molar-refractivity contribution >= 4 is 34.6 Å². The maximum atomic E-state index is 12.9. The minimum atomic E-state index is -0.0199. The van der Waals surface area contributed by atoms with Crippen LogP contribution in [0.2, 0.25) is 10.0 Å².